The van der Waals surface area contributed by atoms with Crippen molar-refractivity contribution in [3.63, 3.8) is 0 Å². The summed E-state index contributed by atoms with van der Waals surface area (Å²) in [6, 6.07) is 5.96. The SMILES string of the molecule is CN=C(NCCNC(=O)c1ccco1)NCc1cc(Cl)cc(Cl)c1OC(F)F. The summed E-state index contributed by atoms with van der Waals surface area (Å²) in [4.78, 5) is 15.8. The van der Waals surface area contributed by atoms with Gasteiger partial charge in [0.05, 0.1) is 11.3 Å². The molecule has 1 amide bonds. The Labute approximate surface area is 170 Å². The van der Waals surface area contributed by atoms with E-state index in [1.807, 2.05) is 0 Å². The predicted octanol–water partition coefficient (Wildman–Crippen LogP) is 3.28. The van der Waals surface area contributed by atoms with Gasteiger partial charge in [0.2, 0.25) is 0 Å². The average Bonchev–Trinajstić information content (AvgIpc) is 3.18. The molecule has 0 aliphatic carbocycles. The first kappa shape index (κ1) is 21.8. The highest BCUT2D eigenvalue weighted by atomic mass is 35.5. The molecule has 0 bridgehead atoms. The number of nitrogens with zero attached hydrogens (tertiary/aromatic N) is 1. The van der Waals surface area contributed by atoms with Gasteiger partial charge in [0.1, 0.15) is 5.75 Å². The summed E-state index contributed by atoms with van der Waals surface area (Å²) in [7, 11) is 1.54. The van der Waals surface area contributed by atoms with Crippen molar-refractivity contribution in [2.75, 3.05) is 20.1 Å². The number of hydrogen-bond acceptors (Lipinski definition) is 4. The Bertz CT molecular complexity index is 817. The van der Waals surface area contributed by atoms with E-state index in [1.165, 1.54) is 25.4 Å². The highest BCUT2D eigenvalue weighted by Crippen LogP contribution is 2.33. The predicted molar refractivity (Wildman–Crippen MR) is 102 cm³/mol. The minimum atomic E-state index is -3.02. The van der Waals surface area contributed by atoms with Crippen molar-refractivity contribution in [2.45, 2.75) is 13.2 Å². The molecule has 2 rings (SSSR count). The number of benzene rings is 1. The topological polar surface area (TPSA) is 87.9 Å². The maximum atomic E-state index is 12.6. The Morgan fingerprint density at radius 2 is 2.00 bits per heavy atom. The van der Waals surface area contributed by atoms with Crippen LogP contribution in [-0.4, -0.2) is 38.6 Å². The van der Waals surface area contributed by atoms with Crippen molar-refractivity contribution in [2.24, 2.45) is 4.99 Å². The molecule has 0 aliphatic heterocycles. The molecule has 3 N–H and O–H groups in total. The second-order valence-electron chi connectivity index (χ2n) is 5.34. The molecular formula is C17H18Cl2F2N4O3. The number of halogens is 4. The molecule has 0 spiro atoms. The summed E-state index contributed by atoms with van der Waals surface area (Å²) in [5.41, 5.74) is 0.340. The lowest BCUT2D eigenvalue weighted by Crippen LogP contribution is -2.41. The molecule has 1 heterocycles. The highest BCUT2D eigenvalue weighted by Gasteiger charge is 2.15. The molecule has 0 unspecified atom stereocenters. The van der Waals surface area contributed by atoms with Crippen molar-refractivity contribution < 1.29 is 22.7 Å². The second kappa shape index (κ2) is 10.7. The monoisotopic (exact) mass is 434 g/mol. The molecule has 152 valence electrons. The number of rotatable bonds is 8. The van der Waals surface area contributed by atoms with Crippen LogP contribution in [0.2, 0.25) is 10.0 Å². The zero-order valence-electron chi connectivity index (χ0n) is 14.8. The van der Waals surface area contributed by atoms with E-state index < -0.39 is 6.61 Å². The molecule has 0 radical (unpaired) electrons. The minimum absolute atomic E-state index is 0.0202. The standard InChI is InChI=1S/C17H18Cl2F2N4O3/c1-22-17(24-5-4-23-15(26)13-3-2-6-27-13)25-9-10-7-11(18)8-12(19)14(10)28-16(20)21/h2-3,6-8,16H,4-5,9H2,1H3,(H,23,26)(H2,22,24,25). The van der Waals surface area contributed by atoms with E-state index in [4.69, 9.17) is 27.6 Å². The number of carbonyl (C=O) groups is 1. The van der Waals surface area contributed by atoms with Crippen LogP contribution in [0.4, 0.5) is 8.78 Å². The zero-order valence-corrected chi connectivity index (χ0v) is 16.3. The van der Waals surface area contributed by atoms with Gasteiger partial charge in [0.15, 0.2) is 11.7 Å². The Hall–Kier alpha value is -2.52. The van der Waals surface area contributed by atoms with Gasteiger partial charge in [-0.1, -0.05) is 23.2 Å². The number of nitrogens with one attached hydrogen (secondary N) is 3. The summed E-state index contributed by atoms with van der Waals surface area (Å²) < 4.78 is 34.7. The first-order valence-corrected chi connectivity index (χ1v) is 8.85. The lowest BCUT2D eigenvalue weighted by atomic mass is 10.2. The molecule has 0 saturated heterocycles. The zero-order chi connectivity index (χ0) is 20.5. The minimum Gasteiger partial charge on any atom is -0.459 e. The fraction of sp³-hybridized carbons (Fsp3) is 0.294. The normalized spacial score (nSPS) is 11.4. The van der Waals surface area contributed by atoms with Crippen LogP contribution in [0.25, 0.3) is 0 Å². The number of amides is 1. The quantitative estimate of drug-likeness (QED) is 0.337. The average molecular weight is 435 g/mol. The van der Waals surface area contributed by atoms with E-state index in [9.17, 15) is 13.6 Å². The van der Waals surface area contributed by atoms with Crippen LogP contribution in [0.5, 0.6) is 5.75 Å². The summed E-state index contributed by atoms with van der Waals surface area (Å²) in [6.07, 6.45) is 1.41. The van der Waals surface area contributed by atoms with Crippen molar-refractivity contribution in [1.29, 1.82) is 0 Å². The third-order valence-electron chi connectivity index (χ3n) is 3.41. The van der Waals surface area contributed by atoms with E-state index >= 15 is 0 Å². The van der Waals surface area contributed by atoms with Gasteiger partial charge < -0.3 is 25.1 Å². The Kier molecular flexibility index (Phi) is 8.34. The van der Waals surface area contributed by atoms with Crippen LogP contribution in [0, 0.1) is 0 Å². The van der Waals surface area contributed by atoms with E-state index in [-0.39, 0.29) is 34.0 Å². The van der Waals surface area contributed by atoms with Crippen LogP contribution in [0.3, 0.4) is 0 Å². The van der Waals surface area contributed by atoms with Crippen LogP contribution in [0.1, 0.15) is 16.1 Å². The van der Waals surface area contributed by atoms with Crippen LogP contribution < -0.4 is 20.7 Å². The van der Waals surface area contributed by atoms with Gasteiger partial charge in [-0.2, -0.15) is 8.78 Å². The highest BCUT2D eigenvalue weighted by molar-refractivity contribution is 6.35. The molecule has 11 heteroatoms. The fourth-order valence-electron chi connectivity index (χ4n) is 2.22. The lowest BCUT2D eigenvalue weighted by molar-refractivity contribution is -0.0504. The van der Waals surface area contributed by atoms with E-state index in [1.54, 1.807) is 12.1 Å². The van der Waals surface area contributed by atoms with Gasteiger partial charge in [-0.3, -0.25) is 9.79 Å². The number of hydrogen-bond donors (Lipinski definition) is 3. The Balaban J connectivity index is 1.86. The second-order valence-corrected chi connectivity index (χ2v) is 6.18. The smallest absolute Gasteiger partial charge is 0.387 e. The number of aliphatic imine (C=N–C) groups is 1. The van der Waals surface area contributed by atoms with E-state index in [2.05, 4.69) is 25.7 Å². The van der Waals surface area contributed by atoms with Crippen molar-refractivity contribution in [3.05, 3.63) is 51.9 Å². The van der Waals surface area contributed by atoms with Crippen molar-refractivity contribution in [1.82, 2.24) is 16.0 Å². The first-order valence-electron chi connectivity index (χ1n) is 8.09. The summed E-state index contributed by atoms with van der Waals surface area (Å²) in [5.74, 6) is 0.102. The largest absolute Gasteiger partial charge is 0.459 e. The van der Waals surface area contributed by atoms with Crippen LogP contribution in [-0.2, 0) is 6.54 Å². The molecule has 1 aromatic carbocycles. The maximum Gasteiger partial charge on any atom is 0.387 e. The van der Waals surface area contributed by atoms with Gasteiger partial charge >= 0.3 is 6.61 Å². The molecule has 0 saturated carbocycles. The van der Waals surface area contributed by atoms with Gasteiger partial charge in [0.25, 0.3) is 5.91 Å². The summed E-state index contributed by atoms with van der Waals surface area (Å²) >= 11 is 11.9. The van der Waals surface area contributed by atoms with Crippen molar-refractivity contribution in [3.8, 4) is 5.75 Å². The van der Waals surface area contributed by atoms with E-state index in [0.717, 1.165) is 0 Å². The molecule has 0 fully saturated rings. The third-order valence-corrected chi connectivity index (χ3v) is 3.91. The summed E-state index contributed by atoms with van der Waals surface area (Å²) in [6.45, 7) is -2.26. The number of ether oxygens (including phenoxy) is 1. The molecule has 0 aliphatic rings. The molecule has 7 nitrogen and oxygen atoms in total. The molecule has 28 heavy (non-hydrogen) atoms. The van der Waals surface area contributed by atoms with Gasteiger partial charge in [-0.15, -0.1) is 0 Å². The molecule has 2 aromatic rings. The number of carbonyl (C=O) groups excluding carboxylic acids is 1. The Morgan fingerprint density at radius 3 is 2.64 bits per heavy atom. The van der Waals surface area contributed by atoms with Gasteiger partial charge in [-0.05, 0) is 24.3 Å². The third kappa shape index (κ3) is 6.58. The fourth-order valence-corrected chi connectivity index (χ4v) is 2.80. The molecular weight excluding hydrogens is 417 g/mol. The van der Waals surface area contributed by atoms with Gasteiger partial charge in [0, 0.05) is 37.3 Å². The Morgan fingerprint density at radius 1 is 1.25 bits per heavy atom. The molecule has 0 atom stereocenters. The van der Waals surface area contributed by atoms with Gasteiger partial charge in [-0.25, -0.2) is 0 Å². The van der Waals surface area contributed by atoms with Crippen molar-refractivity contribution >= 4 is 35.1 Å². The number of furan rings is 1. The maximum absolute atomic E-state index is 12.6. The van der Waals surface area contributed by atoms with Crippen LogP contribution in [0.15, 0.2) is 39.9 Å². The first-order chi connectivity index (χ1) is 13.4. The summed E-state index contributed by atoms with van der Waals surface area (Å²) in [5, 5.41) is 8.84. The van der Waals surface area contributed by atoms with Crippen LogP contribution >= 0.6 is 23.2 Å². The van der Waals surface area contributed by atoms with E-state index in [0.29, 0.717) is 24.6 Å². The number of alkyl halides is 2. The lowest BCUT2D eigenvalue weighted by Gasteiger charge is -2.16. The molecule has 1 aromatic heterocycles. The number of guanidine groups is 1.